The molecule has 0 saturated carbocycles. The van der Waals surface area contributed by atoms with Gasteiger partial charge in [-0.3, -0.25) is 9.69 Å². The number of hydrogen-bond donors (Lipinski definition) is 1. The molecule has 0 spiro atoms. The first kappa shape index (κ1) is 8.97. The van der Waals surface area contributed by atoms with E-state index in [-0.39, 0.29) is 6.61 Å². The Bertz CT molecular complexity index is 208. The number of nitrogens with zero attached hydrogens (tertiary/aromatic N) is 2. The van der Waals surface area contributed by atoms with Crippen LogP contribution in [0.25, 0.3) is 0 Å². The summed E-state index contributed by atoms with van der Waals surface area (Å²) in [6, 6.07) is 0.424. The van der Waals surface area contributed by atoms with Crippen molar-refractivity contribution in [3.63, 3.8) is 0 Å². The van der Waals surface area contributed by atoms with E-state index >= 15 is 0 Å². The molecule has 74 valence electrons. The van der Waals surface area contributed by atoms with Crippen LogP contribution < -0.4 is 0 Å². The van der Waals surface area contributed by atoms with Crippen LogP contribution >= 0.6 is 0 Å². The number of hydrogen-bond acceptors (Lipinski definition) is 3. The lowest BCUT2D eigenvalue weighted by molar-refractivity contribution is -0.130. The Kier molecular flexibility index (Phi) is 2.51. The molecule has 1 atom stereocenters. The van der Waals surface area contributed by atoms with Crippen LogP contribution in [0, 0.1) is 0 Å². The SMILES string of the molecule is O=C1CCC2CN(CCO)CCN12. The summed E-state index contributed by atoms with van der Waals surface area (Å²) in [6.07, 6.45) is 1.72. The maximum Gasteiger partial charge on any atom is 0.222 e. The molecule has 0 radical (unpaired) electrons. The predicted molar refractivity (Wildman–Crippen MR) is 48.3 cm³/mol. The Morgan fingerprint density at radius 3 is 3.08 bits per heavy atom. The highest BCUT2D eigenvalue weighted by atomic mass is 16.3. The van der Waals surface area contributed by atoms with Crippen LogP contribution in [-0.2, 0) is 4.79 Å². The summed E-state index contributed by atoms with van der Waals surface area (Å²) in [5, 5.41) is 8.79. The van der Waals surface area contributed by atoms with Crippen molar-refractivity contribution in [3.8, 4) is 0 Å². The van der Waals surface area contributed by atoms with E-state index in [1.807, 2.05) is 4.90 Å². The molecule has 1 amide bonds. The zero-order valence-corrected chi connectivity index (χ0v) is 7.78. The molecule has 2 rings (SSSR count). The number of piperazine rings is 1. The van der Waals surface area contributed by atoms with Crippen LogP contribution in [0.15, 0.2) is 0 Å². The minimum atomic E-state index is 0.223. The van der Waals surface area contributed by atoms with E-state index in [1.165, 1.54) is 0 Å². The molecular formula is C9H16N2O2. The van der Waals surface area contributed by atoms with E-state index in [0.29, 0.717) is 11.9 Å². The van der Waals surface area contributed by atoms with Gasteiger partial charge in [0.05, 0.1) is 6.61 Å². The molecule has 2 fully saturated rings. The summed E-state index contributed by atoms with van der Waals surface area (Å²) in [5.74, 6) is 0.314. The van der Waals surface area contributed by atoms with Crippen LogP contribution in [0.2, 0.25) is 0 Å². The molecule has 0 aromatic rings. The molecule has 0 aliphatic carbocycles. The highest BCUT2D eigenvalue weighted by molar-refractivity contribution is 5.78. The Morgan fingerprint density at radius 2 is 2.31 bits per heavy atom. The van der Waals surface area contributed by atoms with Gasteiger partial charge in [0, 0.05) is 38.6 Å². The van der Waals surface area contributed by atoms with Gasteiger partial charge in [0.1, 0.15) is 0 Å². The average molecular weight is 184 g/mol. The number of β-amino-alcohol motifs (C(OH)–C–C–N with tert-alkyl or cyclic N) is 1. The second-order valence-corrected chi connectivity index (χ2v) is 3.80. The molecular weight excluding hydrogens is 168 g/mol. The predicted octanol–water partition coefficient (Wildman–Crippen LogP) is -0.715. The fraction of sp³-hybridized carbons (Fsp3) is 0.889. The van der Waals surface area contributed by atoms with Crippen molar-refractivity contribution < 1.29 is 9.90 Å². The second-order valence-electron chi connectivity index (χ2n) is 3.80. The van der Waals surface area contributed by atoms with Crippen molar-refractivity contribution in [1.82, 2.24) is 9.80 Å². The minimum Gasteiger partial charge on any atom is -0.395 e. The molecule has 0 aromatic heterocycles. The van der Waals surface area contributed by atoms with Crippen molar-refractivity contribution in [2.75, 3.05) is 32.8 Å². The summed E-state index contributed by atoms with van der Waals surface area (Å²) in [4.78, 5) is 15.6. The van der Waals surface area contributed by atoms with Gasteiger partial charge in [0.15, 0.2) is 0 Å². The summed E-state index contributed by atoms with van der Waals surface area (Å²) >= 11 is 0. The van der Waals surface area contributed by atoms with E-state index in [9.17, 15) is 4.79 Å². The molecule has 13 heavy (non-hydrogen) atoms. The summed E-state index contributed by atoms with van der Waals surface area (Å²) in [5.41, 5.74) is 0. The van der Waals surface area contributed by atoms with E-state index in [1.54, 1.807) is 0 Å². The van der Waals surface area contributed by atoms with Crippen LogP contribution in [0.5, 0.6) is 0 Å². The summed E-state index contributed by atoms with van der Waals surface area (Å²) in [7, 11) is 0. The van der Waals surface area contributed by atoms with Crippen molar-refractivity contribution in [3.05, 3.63) is 0 Å². The fourth-order valence-electron chi connectivity index (χ4n) is 2.27. The third-order valence-corrected chi connectivity index (χ3v) is 2.99. The lowest BCUT2D eigenvalue weighted by atomic mass is 10.1. The quantitative estimate of drug-likeness (QED) is 0.616. The number of carbonyl (C=O) groups excluding carboxylic acids is 1. The van der Waals surface area contributed by atoms with Crippen molar-refractivity contribution >= 4 is 5.91 Å². The van der Waals surface area contributed by atoms with Crippen molar-refractivity contribution in [2.24, 2.45) is 0 Å². The van der Waals surface area contributed by atoms with Crippen LogP contribution in [0.3, 0.4) is 0 Å². The molecule has 1 unspecified atom stereocenters. The summed E-state index contributed by atoms with van der Waals surface area (Å²) in [6.45, 7) is 3.69. The molecule has 2 saturated heterocycles. The number of aliphatic hydroxyl groups is 1. The average Bonchev–Trinajstić information content (AvgIpc) is 2.48. The number of rotatable bonds is 2. The monoisotopic (exact) mass is 184 g/mol. The molecule has 4 heteroatoms. The Balaban J connectivity index is 1.91. The number of aliphatic hydroxyl groups excluding tert-OH is 1. The number of fused-ring (bicyclic) bond motifs is 1. The van der Waals surface area contributed by atoms with Crippen LogP contribution in [0.4, 0.5) is 0 Å². The summed E-state index contributed by atoms with van der Waals surface area (Å²) < 4.78 is 0. The molecule has 4 nitrogen and oxygen atoms in total. The highest BCUT2D eigenvalue weighted by Crippen LogP contribution is 2.22. The smallest absolute Gasteiger partial charge is 0.222 e. The molecule has 2 aliphatic rings. The van der Waals surface area contributed by atoms with Gasteiger partial charge >= 0.3 is 0 Å². The molecule has 0 bridgehead atoms. The zero-order valence-electron chi connectivity index (χ0n) is 7.78. The molecule has 2 aliphatic heterocycles. The van der Waals surface area contributed by atoms with E-state index < -0.39 is 0 Å². The second kappa shape index (κ2) is 3.64. The van der Waals surface area contributed by atoms with Gasteiger partial charge in [0.25, 0.3) is 0 Å². The minimum absolute atomic E-state index is 0.223. The largest absolute Gasteiger partial charge is 0.395 e. The van der Waals surface area contributed by atoms with E-state index in [0.717, 1.165) is 39.0 Å². The maximum atomic E-state index is 11.3. The Hall–Kier alpha value is -0.610. The van der Waals surface area contributed by atoms with Crippen LogP contribution in [0.1, 0.15) is 12.8 Å². The Morgan fingerprint density at radius 1 is 1.46 bits per heavy atom. The Labute approximate surface area is 78.1 Å². The van der Waals surface area contributed by atoms with Crippen LogP contribution in [-0.4, -0.2) is 59.6 Å². The lowest BCUT2D eigenvalue weighted by Crippen LogP contribution is -2.51. The number of amides is 1. The fourth-order valence-corrected chi connectivity index (χ4v) is 2.27. The van der Waals surface area contributed by atoms with E-state index in [2.05, 4.69) is 4.90 Å². The third-order valence-electron chi connectivity index (χ3n) is 2.99. The van der Waals surface area contributed by atoms with Crippen molar-refractivity contribution in [2.45, 2.75) is 18.9 Å². The number of carbonyl (C=O) groups is 1. The third kappa shape index (κ3) is 1.69. The van der Waals surface area contributed by atoms with E-state index in [4.69, 9.17) is 5.11 Å². The van der Waals surface area contributed by atoms with Gasteiger partial charge in [0.2, 0.25) is 5.91 Å². The van der Waals surface area contributed by atoms with Crippen molar-refractivity contribution in [1.29, 1.82) is 0 Å². The van der Waals surface area contributed by atoms with Gasteiger partial charge in [-0.2, -0.15) is 0 Å². The lowest BCUT2D eigenvalue weighted by Gasteiger charge is -2.37. The maximum absolute atomic E-state index is 11.3. The van der Waals surface area contributed by atoms with Gasteiger partial charge in [-0.05, 0) is 6.42 Å². The highest BCUT2D eigenvalue weighted by Gasteiger charge is 2.34. The first-order valence-electron chi connectivity index (χ1n) is 4.94. The van der Waals surface area contributed by atoms with Gasteiger partial charge in [-0.25, -0.2) is 0 Å². The first-order valence-corrected chi connectivity index (χ1v) is 4.94. The normalized spacial score (nSPS) is 29.5. The zero-order chi connectivity index (χ0) is 9.26. The topological polar surface area (TPSA) is 43.8 Å². The molecule has 0 aromatic carbocycles. The van der Waals surface area contributed by atoms with Gasteiger partial charge in [-0.15, -0.1) is 0 Å². The molecule has 1 N–H and O–H groups in total. The van der Waals surface area contributed by atoms with Gasteiger partial charge in [-0.1, -0.05) is 0 Å². The first-order chi connectivity index (χ1) is 6.31. The molecule has 2 heterocycles. The standard InChI is InChI=1S/C9H16N2O2/c12-6-5-10-3-4-11-8(7-10)1-2-9(11)13/h8,12H,1-7H2. The van der Waals surface area contributed by atoms with Gasteiger partial charge < -0.3 is 10.0 Å².